The van der Waals surface area contributed by atoms with Crippen LogP contribution < -0.4 is 5.32 Å². The van der Waals surface area contributed by atoms with Gasteiger partial charge in [-0.05, 0) is 25.8 Å². The summed E-state index contributed by atoms with van der Waals surface area (Å²) in [4.78, 5) is 13.4. The number of hydrogen-bond donors (Lipinski definition) is 2. The molecular formula is C10H20N2O2. The molecule has 0 unspecified atom stereocenters. The van der Waals surface area contributed by atoms with E-state index in [1.165, 1.54) is 0 Å². The van der Waals surface area contributed by atoms with Gasteiger partial charge < -0.3 is 10.4 Å². The van der Waals surface area contributed by atoms with Crippen molar-refractivity contribution < 1.29 is 9.90 Å². The molecular weight excluding hydrogens is 180 g/mol. The van der Waals surface area contributed by atoms with E-state index in [1.54, 1.807) is 0 Å². The van der Waals surface area contributed by atoms with Crippen LogP contribution in [0.25, 0.3) is 0 Å². The highest BCUT2D eigenvalue weighted by molar-refractivity contribution is 5.78. The number of aliphatic hydroxyl groups excluding tert-OH is 1. The Hall–Kier alpha value is -0.610. The van der Waals surface area contributed by atoms with E-state index in [0.717, 1.165) is 32.4 Å². The highest BCUT2D eigenvalue weighted by Crippen LogP contribution is 2.15. The maximum Gasteiger partial charge on any atom is 0.234 e. The lowest BCUT2D eigenvalue weighted by Gasteiger charge is -2.21. The van der Waals surface area contributed by atoms with Crippen molar-refractivity contribution in [2.24, 2.45) is 0 Å². The maximum atomic E-state index is 11.4. The standard InChI is InChI=1S/C10H20N2O2/c1-2-5-11-10(14)7-12-6-3-4-9(12)8-13/h9,13H,2-8H2,1H3,(H,11,14)/t9-/m1/s1. The first-order chi connectivity index (χ1) is 6.77. The van der Waals surface area contributed by atoms with E-state index in [1.807, 2.05) is 6.92 Å². The summed E-state index contributed by atoms with van der Waals surface area (Å²) in [6.45, 7) is 4.32. The Balaban J connectivity index is 2.25. The molecule has 4 heteroatoms. The van der Waals surface area contributed by atoms with Crippen LogP contribution in [0.2, 0.25) is 0 Å². The number of rotatable bonds is 5. The van der Waals surface area contributed by atoms with Gasteiger partial charge >= 0.3 is 0 Å². The van der Waals surface area contributed by atoms with Crippen LogP contribution in [0.5, 0.6) is 0 Å². The molecule has 4 nitrogen and oxygen atoms in total. The lowest BCUT2D eigenvalue weighted by Crippen LogP contribution is -2.41. The van der Waals surface area contributed by atoms with Crippen molar-refractivity contribution in [3.63, 3.8) is 0 Å². The molecule has 0 aliphatic carbocycles. The molecule has 1 saturated heterocycles. The molecule has 1 atom stereocenters. The number of nitrogens with one attached hydrogen (secondary N) is 1. The van der Waals surface area contributed by atoms with Crippen molar-refractivity contribution in [2.45, 2.75) is 32.2 Å². The lowest BCUT2D eigenvalue weighted by molar-refractivity contribution is -0.122. The van der Waals surface area contributed by atoms with Gasteiger partial charge in [-0.25, -0.2) is 0 Å². The van der Waals surface area contributed by atoms with Crippen LogP contribution in [-0.4, -0.2) is 48.2 Å². The second kappa shape index (κ2) is 5.98. The summed E-state index contributed by atoms with van der Waals surface area (Å²) < 4.78 is 0. The Morgan fingerprint density at radius 1 is 1.64 bits per heavy atom. The third kappa shape index (κ3) is 3.27. The first-order valence-electron chi connectivity index (χ1n) is 5.39. The molecule has 2 N–H and O–H groups in total. The number of aliphatic hydroxyl groups is 1. The number of carbonyl (C=O) groups is 1. The summed E-state index contributed by atoms with van der Waals surface area (Å²) >= 11 is 0. The molecule has 82 valence electrons. The average Bonchev–Trinajstić information content (AvgIpc) is 2.62. The first kappa shape index (κ1) is 11.5. The molecule has 1 aliphatic heterocycles. The minimum atomic E-state index is 0.0761. The van der Waals surface area contributed by atoms with E-state index in [0.29, 0.717) is 6.54 Å². The van der Waals surface area contributed by atoms with Crippen molar-refractivity contribution in [1.29, 1.82) is 0 Å². The Morgan fingerprint density at radius 2 is 2.43 bits per heavy atom. The number of hydrogen-bond acceptors (Lipinski definition) is 3. The third-order valence-corrected chi connectivity index (χ3v) is 2.63. The molecule has 0 saturated carbocycles. The predicted octanol–water partition coefficient (Wildman–Crippen LogP) is -0.0307. The van der Waals surface area contributed by atoms with Crippen LogP contribution in [0.4, 0.5) is 0 Å². The van der Waals surface area contributed by atoms with Gasteiger partial charge in [0.05, 0.1) is 13.2 Å². The molecule has 0 bridgehead atoms. The summed E-state index contributed by atoms with van der Waals surface area (Å²) in [5, 5.41) is 11.9. The van der Waals surface area contributed by atoms with Gasteiger partial charge in [0, 0.05) is 12.6 Å². The highest BCUT2D eigenvalue weighted by Gasteiger charge is 2.24. The van der Waals surface area contributed by atoms with Gasteiger partial charge in [0.25, 0.3) is 0 Å². The van der Waals surface area contributed by atoms with E-state index < -0.39 is 0 Å². The zero-order chi connectivity index (χ0) is 10.4. The number of carbonyl (C=O) groups excluding carboxylic acids is 1. The van der Waals surface area contributed by atoms with E-state index in [4.69, 9.17) is 5.11 Å². The lowest BCUT2D eigenvalue weighted by atomic mass is 10.2. The van der Waals surface area contributed by atoms with Crippen LogP contribution in [0.1, 0.15) is 26.2 Å². The third-order valence-electron chi connectivity index (χ3n) is 2.63. The van der Waals surface area contributed by atoms with Crippen LogP contribution >= 0.6 is 0 Å². The molecule has 0 aromatic carbocycles. The van der Waals surface area contributed by atoms with Gasteiger partial charge in [-0.3, -0.25) is 9.69 Å². The topological polar surface area (TPSA) is 52.6 Å². The van der Waals surface area contributed by atoms with Gasteiger partial charge in [0.2, 0.25) is 5.91 Å². The van der Waals surface area contributed by atoms with Crippen LogP contribution in [0.15, 0.2) is 0 Å². The Bertz CT molecular complexity index is 185. The first-order valence-corrected chi connectivity index (χ1v) is 5.39. The molecule has 1 rings (SSSR count). The molecule has 1 heterocycles. The summed E-state index contributed by atoms with van der Waals surface area (Å²) in [7, 11) is 0. The minimum absolute atomic E-state index is 0.0761. The van der Waals surface area contributed by atoms with Gasteiger partial charge in [-0.2, -0.15) is 0 Å². The second-order valence-electron chi connectivity index (χ2n) is 3.80. The summed E-state index contributed by atoms with van der Waals surface area (Å²) in [5.74, 6) is 0.0761. The van der Waals surface area contributed by atoms with Gasteiger partial charge in [-0.1, -0.05) is 6.92 Å². The van der Waals surface area contributed by atoms with Crippen molar-refractivity contribution in [1.82, 2.24) is 10.2 Å². The van der Waals surface area contributed by atoms with E-state index in [9.17, 15) is 4.79 Å². The largest absolute Gasteiger partial charge is 0.395 e. The van der Waals surface area contributed by atoms with Crippen molar-refractivity contribution in [3.05, 3.63) is 0 Å². The van der Waals surface area contributed by atoms with Crippen LogP contribution in [0.3, 0.4) is 0 Å². The van der Waals surface area contributed by atoms with Gasteiger partial charge in [-0.15, -0.1) is 0 Å². The molecule has 0 aromatic rings. The molecule has 1 fully saturated rings. The fourth-order valence-corrected chi connectivity index (χ4v) is 1.81. The highest BCUT2D eigenvalue weighted by atomic mass is 16.3. The summed E-state index contributed by atoms with van der Waals surface area (Å²) in [5.41, 5.74) is 0. The quantitative estimate of drug-likeness (QED) is 0.655. The Morgan fingerprint density at radius 3 is 3.07 bits per heavy atom. The van der Waals surface area contributed by atoms with E-state index in [2.05, 4.69) is 10.2 Å². The van der Waals surface area contributed by atoms with Crippen LogP contribution in [-0.2, 0) is 4.79 Å². The number of likely N-dealkylation sites (tertiary alicyclic amines) is 1. The average molecular weight is 200 g/mol. The smallest absolute Gasteiger partial charge is 0.234 e. The molecule has 1 amide bonds. The zero-order valence-corrected chi connectivity index (χ0v) is 8.83. The maximum absolute atomic E-state index is 11.4. The number of nitrogens with zero attached hydrogens (tertiary/aromatic N) is 1. The molecule has 1 aliphatic rings. The Kier molecular flexibility index (Phi) is 4.90. The molecule has 0 spiro atoms. The summed E-state index contributed by atoms with van der Waals surface area (Å²) in [6.07, 6.45) is 3.07. The van der Waals surface area contributed by atoms with Crippen molar-refractivity contribution in [2.75, 3.05) is 26.2 Å². The zero-order valence-electron chi connectivity index (χ0n) is 8.83. The minimum Gasteiger partial charge on any atom is -0.395 e. The summed E-state index contributed by atoms with van der Waals surface area (Å²) in [6, 6.07) is 0.197. The van der Waals surface area contributed by atoms with Gasteiger partial charge in [0.15, 0.2) is 0 Å². The van der Waals surface area contributed by atoms with Crippen molar-refractivity contribution >= 4 is 5.91 Å². The predicted molar refractivity (Wildman–Crippen MR) is 55.0 cm³/mol. The monoisotopic (exact) mass is 200 g/mol. The van der Waals surface area contributed by atoms with E-state index >= 15 is 0 Å². The van der Waals surface area contributed by atoms with Crippen molar-refractivity contribution in [3.8, 4) is 0 Å². The second-order valence-corrected chi connectivity index (χ2v) is 3.80. The SMILES string of the molecule is CCCNC(=O)CN1CCC[C@@H]1CO. The van der Waals surface area contributed by atoms with E-state index in [-0.39, 0.29) is 18.6 Å². The van der Waals surface area contributed by atoms with Crippen LogP contribution in [0, 0.1) is 0 Å². The molecule has 0 aromatic heterocycles. The fraction of sp³-hybridized carbons (Fsp3) is 0.900. The molecule has 0 radical (unpaired) electrons. The Labute approximate surface area is 85.3 Å². The number of amides is 1. The fourth-order valence-electron chi connectivity index (χ4n) is 1.81. The van der Waals surface area contributed by atoms with Gasteiger partial charge in [0.1, 0.15) is 0 Å². The normalized spacial score (nSPS) is 22.6. The molecule has 14 heavy (non-hydrogen) atoms.